The van der Waals surface area contributed by atoms with Crippen LogP contribution in [0.3, 0.4) is 0 Å². The van der Waals surface area contributed by atoms with Crippen LogP contribution >= 0.6 is 11.8 Å². The highest BCUT2D eigenvalue weighted by Crippen LogP contribution is 2.47. The number of hydrogen-bond acceptors (Lipinski definition) is 6. The zero-order chi connectivity index (χ0) is 27.1. The number of amides is 1. The van der Waals surface area contributed by atoms with Crippen LogP contribution in [0.15, 0.2) is 112 Å². The molecule has 9 heteroatoms. The van der Waals surface area contributed by atoms with Crippen LogP contribution in [0.5, 0.6) is 0 Å². The van der Waals surface area contributed by atoms with Crippen LogP contribution < -0.4 is 9.21 Å². The molecule has 2 aliphatic rings. The summed E-state index contributed by atoms with van der Waals surface area (Å²) in [6.45, 7) is 1.36. The van der Waals surface area contributed by atoms with Crippen molar-refractivity contribution in [3.63, 3.8) is 0 Å². The summed E-state index contributed by atoms with van der Waals surface area (Å²) in [6.07, 6.45) is 0.612. The van der Waals surface area contributed by atoms with Gasteiger partial charge in [0.1, 0.15) is 0 Å². The van der Waals surface area contributed by atoms with Gasteiger partial charge in [0.15, 0.2) is 6.61 Å². The van der Waals surface area contributed by atoms with Crippen LogP contribution in [0.2, 0.25) is 0 Å². The van der Waals surface area contributed by atoms with Crippen LogP contribution in [-0.4, -0.2) is 32.9 Å². The first-order valence-corrected chi connectivity index (χ1v) is 14.7. The fourth-order valence-electron chi connectivity index (χ4n) is 5.05. The van der Waals surface area contributed by atoms with Gasteiger partial charge in [0.25, 0.3) is 15.9 Å². The van der Waals surface area contributed by atoms with Crippen LogP contribution in [-0.2, 0) is 26.0 Å². The van der Waals surface area contributed by atoms with E-state index < -0.39 is 28.5 Å². The predicted molar refractivity (Wildman–Crippen MR) is 150 cm³/mol. The number of carbonyl (C=O) groups is 2. The minimum absolute atomic E-state index is 0.0114. The van der Waals surface area contributed by atoms with Gasteiger partial charge < -0.3 is 4.74 Å². The fraction of sp³-hybridized carbons (Fsp3) is 0.133. The number of benzene rings is 4. The second kappa shape index (κ2) is 9.91. The molecule has 1 amide bonds. The van der Waals surface area contributed by atoms with E-state index in [2.05, 4.69) is 0 Å². The summed E-state index contributed by atoms with van der Waals surface area (Å²) >= 11 is 1.57. The summed E-state index contributed by atoms with van der Waals surface area (Å²) in [5.41, 5.74) is 3.09. The summed E-state index contributed by atoms with van der Waals surface area (Å²) in [6, 6.07) is 28.0. The molecule has 0 N–H and O–H groups in total. The van der Waals surface area contributed by atoms with Crippen molar-refractivity contribution in [3.05, 3.63) is 108 Å². The van der Waals surface area contributed by atoms with Gasteiger partial charge in [-0.25, -0.2) is 13.2 Å². The van der Waals surface area contributed by atoms with E-state index in [1.54, 1.807) is 22.7 Å². The highest BCUT2D eigenvalue weighted by Gasteiger charge is 2.36. The molecule has 0 aromatic heterocycles. The molecule has 2 heterocycles. The van der Waals surface area contributed by atoms with Crippen molar-refractivity contribution >= 4 is 50.7 Å². The van der Waals surface area contributed by atoms with Crippen molar-refractivity contribution in [1.82, 2.24) is 0 Å². The van der Waals surface area contributed by atoms with Crippen LogP contribution in [0.4, 0.5) is 17.1 Å². The Morgan fingerprint density at radius 3 is 2.15 bits per heavy atom. The van der Waals surface area contributed by atoms with E-state index in [1.165, 1.54) is 28.6 Å². The Balaban J connectivity index is 1.22. The third kappa shape index (κ3) is 4.47. The number of anilines is 3. The molecule has 39 heavy (non-hydrogen) atoms. The molecule has 196 valence electrons. The standard InChI is InChI=1S/C30H24N2O5S2/c1-20-17-21-9-2-3-12-24(21)32(20)39(35,36)23-11-8-10-22(18-23)30(34)37-19-29(33)31-25-13-4-6-15-27(25)38-28-16-7-5-14-26(28)31/h2-16,18,20H,17,19H2,1H3/t20-/m1/s1. The normalized spacial score (nSPS) is 15.8. The summed E-state index contributed by atoms with van der Waals surface area (Å²) in [5, 5.41) is 0. The lowest BCUT2D eigenvalue weighted by atomic mass is 10.1. The van der Waals surface area contributed by atoms with Gasteiger partial charge >= 0.3 is 5.97 Å². The molecule has 4 aromatic carbocycles. The van der Waals surface area contributed by atoms with Gasteiger partial charge in [-0.2, -0.15) is 0 Å². The molecule has 6 rings (SSSR count). The van der Waals surface area contributed by atoms with E-state index in [-0.39, 0.29) is 16.5 Å². The van der Waals surface area contributed by atoms with Gasteiger partial charge in [-0.3, -0.25) is 14.0 Å². The van der Waals surface area contributed by atoms with E-state index in [1.807, 2.05) is 73.7 Å². The third-order valence-electron chi connectivity index (χ3n) is 6.78. The Labute approximate surface area is 231 Å². The van der Waals surface area contributed by atoms with Crippen molar-refractivity contribution in [2.75, 3.05) is 15.8 Å². The monoisotopic (exact) mass is 556 g/mol. The summed E-state index contributed by atoms with van der Waals surface area (Å²) in [5.74, 6) is -1.18. The Bertz CT molecular complexity index is 1670. The largest absolute Gasteiger partial charge is 0.452 e. The predicted octanol–water partition coefficient (Wildman–Crippen LogP) is 5.81. The topological polar surface area (TPSA) is 84.0 Å². The van der Waals surface area contributed by atoms with Crippen molar-refractivity contribution in [2.45, 2.75) is 34.1 Å². The number of para-hydroxylation sites is 3. The highest BCUT2D eigenvalue weighted by molar-refractivity contribution is 7.99. The van der Waals surface area contributed by atoms with Crippen LogP contribution in [0.1, 0.15) is 22.8 Å². The molecule has 0 spiro atoms. The van der Waals surface area contributed by atoms with Crippen molar-refractivity contribution in [2.24, 2.45) is 0 Å². The van der Waals surface area contributed by atoms with E-state index in [9.17, 15) is 18.0 Å². The number of ether oxygens (including phenoxy) is 1. The number of nitrogens with zero attached hydrogens (tertiary/aromatic N) is 2. The van der Waals surface area contributed by atoms with Crippen molar-refractivity contribution < 1.29 is 22.7 Å². The van der Waals surface area contributed by atoms with E-state index in [0.29, 0.717) is 12.1 Å². The Morgan fingerprint density at radius 1 is 0.846 bits per heavy atom. The van der Waals surface area contributed by atoms with E-state index in [4.69, 9.17) is 4.74 Å². The van der Waals surface area contributed by atoms with Crippen LogP contribution in [0.25, 0.3) is 0 Å². The molecule has 0 radical (unpaired) electrons. The number of esters is 1. The number of carbonyl (C=O) groups excluding carboxylic acids is 2. The van der Waals surface area contributed by atoms with Gasteiger partial charge in [0, 0.05) is 15.8 Å². The number of hydrogen-bond donors (Lipinski definition) is 0. The van der Waals surface area contributed by atoms with Gasteiger partial charge in [0.2, 0.25) is 0 Å². The zero-order valence-corrected chi connectivity index (χ0v) is 22.6. The maximum absolute atomic E-state index is 13.6. The molecule has 2 aliphatic heterocycles. The summed E-state index contributed by atoms with van der Waals surface area (Å²) in [4.78, 5) is 29.7. The Morgan fingerprint density at radius 2 is 1.46 bits per heavy atom. The molecular weight excluding hydrogens is 532 g/mol. The quantitative estimate of drug-likeness (QED) is 0.289. The molecule has 7 nitrogen and oxygen atoms in total. The molecule has 4 aromatic rings. The second-order valence-electron chi connectivity index (χ2n) is 9.35. The maximum atomic E-state index is 13.6. The Kier molecular flexibility index (Phi) is 6.40. The van der Waals surface area contributed by atoms with Gasteiger partial charge in [-0.05, 0) is 67.4 Å². The van der Waals surface area contributed by atoms with Gasteiger partial charge in [0.05, 0.1) is 27.5 Å². The molecular formula is C30H24N2O5S2. The van der Waals surface area contributed by atoms with Gasteiger partial charge in [-0.1, -0.05) is 60.3 Å². The van der Waals surface area contributed by atoms with Crippen LogP contribution in [0, 0.1) is 0 Å². The average molecular weight is 557 g/mol. The number of rotatable bonds is 5. The van der Waals surface area contributed by atoms with E-state index >= 15 is 0 Å². The second-order valence-corrected chi connectivity index (χ2v) is 12.3. The first-order valence-electron chi connectivity index (χ1n) is 12.4. The van der Waals surface area contributed by atoms with Crippen molar-refractivity contribution in [3.8, 4) is 0 Å². The molecule has 0 fully saturated rings. The Hall–Kier alpha value is -4.08. The molecule has 0 unspecified atom stereocenters. The smallest absolute Gasteiger partial charge is 0.338 e. The first-order chi connectivity index (χ1) is 18.8. The number of sulfonamides is 1. The molecule has 0 bridgehead atoms. The fourth-order valence-corrected chi connectivity index (χ4v) is 7.85. The zero-order valence-electron chi connectivity index (χ0n) is 21.0. The summed E-state index contributed by atoms with van der Waals surface area (Å²) < 4.78 is 34.0. The molecule has 0 aliphatic carbocycles. The lowest BCUT2D eigenvalue weighted by Gasteiger charge is -2.30. The van der Waals surface area contributed by atoms with Gasteiger partial charge in [-0.15, -0.1) is 0 Å². The highest BCUT2D eigenvalue weighted by atomic mass is 32.2. The minimum Gasteiger partial charge on any atom is -0.452 e. The average Bonchev–Trinajstić information content (AvgIpc) is 3.30. The SMILES string of the molecule is C[C@@H]1Cc2ccccc2N1S(=O)(=O)c1cccc(C(=O)OCC(=O)N2c3ccccc3Sc3ccccc32)c1. The number of fused-ring (bicyclic) bond motifs is 3. The van der Waals surface area contributed by atoms with E-state index in [0.717, 1.165) is 26.7 Å². The third-order valence-corrected chi connectivity index (χ3v) is 9.83. The lowest BCUT2D eigenvalue weighted by Crippen LogP contribution is -2.35. The van der Waals surface area contributed by atoms with Crippen molar-refractivity contribution in [1.29, 1.82) is 0 Å². The molecule has 0 saturated carbocycles. The lowest BCUT2D eigenvalue weighted by molar-refractivity contribution is -0.121. The maximum Gasteiger partial charge on any atom is 0.338 e. The minimum atomic E-state index is -3.92. The molecule has 0 saturated heterocycles. The molecule has 1 atom stereocenters. The first kappa shape index (κ1) is 25.2. The summed E-state index contributed by atoms with van der Waals surface area (Å²) in [7, 11) is -3.92.